The molecule has 0 unspecified atom stereocenters. The number of hydrogen-bond donors (Lipinski definition) is 28. The molecule has 0 aromatic carbocycles. The van der Waals surface area contributed by atoms with Crippen molar-refractivity contribution in [2.24, 2.45) is 0 Å². The molecule has 0 spiro atoms. The first-order valence-electron chi connectivity index (χ1n) is 36.5. The number of aliphatic hydroxyl groups is 23. The van der Waals surface area contributed by atoms with Gasteiger partial charge in [-0.2, -0.15) is 0 Å². The molecule has 658 valence electrons. The van der Waals surface area contributed by atoms with Crippen LogP contribution in [0.3, 0.4) is 0 Å². The van der Waals surface area contributed by atoms with Crippen LogP contribution in [-0.2, 0) is 104 Å². The van der Waals surface area contributed by atoms with Gasteiger partial charge in [0.1, 0.15) is 213 Å². The lowest BCUT2D eigenvalue weighted by molar-refractivity contribution is -0.391. The van der Waals surface area contributed by atoms with Gasteiger partial charge < -0.3 is 225 Å². The van der Waals surface area contributed by atoms with Crippen LogP contribution in [0.5, 0.6) is 0 Å². The van der Waals surface area contributed by atoms with Crippen LogP contribution in [0.4, 0.5) is 0 Å². The zero-order valence-corrected chi connectivity index (χ0v) is 61.9. The quantitative estimate of drug-likeness (QED) is 0.0331. The molecule has 114 heavy (non-hydrogen) atoms. The predicted molar refractivity (Wildman–Crippen MR) is 354 cm³/mol. The SMILES string of the molecule is CC(=O)N[C@@H]1[C@@H](O[C@@H]2O[C@H](CO[C@@H]3O[C@H](CO)[C@@H](O[C@@H]4O[C@H](CO)[C@H](O[C@H]5O[C@H](CO)[C@@H](O)[C@H](O)[C@H]5NC(C)=O)[C@H](O)[C@H]4O)[C@H](O)[C@H]3NC(C)=O)[C@H](O)[C@H](O[C@@H]3O[C@H](CO)[C@@H](O[C@@H]4O[C@H](CO)[C@H](O)[C@H](O)[C@H]4O[C@@H]4O[C@@H](C)[C@@H](O)[C@@H](O)[C@@H]4O)[C@H](O)[C@H]3NC(C)=O)[C@H]2O)[C@@H](O)[C@@H](CO[C@@H]2O[C@H](CO)[C@@H](O)[C@H](O)[C@H]2NC(C)=O)O[C@@H]1O. The molecule has 50 nitrogen and oxygen atoms in total. The molecule has 9 fully saturated rings. The van der Waals surface area contributed by atoms with Crippen LogP contribution in [0.25, 0.3) is 0 Å². The summed E-state index contributed by atoms with van der Waals surface area (Å²) in [5.41, 5.74) is 0. The highest BCUT2D eigenvalue weighted by Gasteiger charge is 2.61. The van der Waals surface area contributed by atoms with Crippen molar-refractivity contribution in [1.82, 2.24) is 26.6 Å². The van der Waals surface area contributed by atoms with E-state index in [0.717, 1.165) is 34.6 Å². The molecule has 9 heterocycles. The van der Waals surface area contributed by atoms with Crippen molar-refractivity contribution in [2.75, 3.05) is 52.9 Å². The van der Waals surface area contributed by atoms with Crippen LogP contribution in [0.15, 0.2) is 0 Å². The number of nitrogens with one attached hydrogen (secondary N) is 5. The summed E-state index contributed by atoms with van der Waals surface area (Å²) in [6.45, 7) is -2.09. The van der Waals surface area contributed by atoms with Gasteiger partial charge in [0.25, 0.3) is 0 Å². The van der Waals surface area contributed by atoms with Crippen molar-refractivity contribution in [3.8, 4) is 0 Å². The number of carbonyl (C=O) groups excluding carboxylic acids is 5. The summed E-state index contributed by atoms with van der Waals surface area (Å²) >= 11 is 0. The average Bonchev–Trinajstić information content (AvgIpc) is 0.766. The zero-order chi connectivity index (χ0) is 84.1. The Hall–Kier alpha value is -4.25. The molecule has 28 N–H and O–H groups in total. The second-order valence-electron chi connectivity index (χ2n) is 28.9. The minimum atomic E-state index is -2.51. The molecule has 9 aliphatic heterocycles. The van der Waals surface area contributed by atoms with Gasteiger partial charge in [0, 0.05) is 34.6 Å². The maximum Gasteiger partial charge on any atom is 0.217 e. The van der Waals surface area contributed by atoms with E-state index in [9.17, 15) is 141 Å². The van der Waals surface area contributed by atoms with Gasteiger partial charge in [0.15, 0.2) is 56.6 Å². The minimum absolute atomic E-state index is 0.771. The van der Waals surface area contributed by atoms with E-state index in [-0.39, 0.29) is 0 Å². The van der Waals surface area contributed by atoms with Gasteiger partial charge >= 0.3 is 0 Å². The average molecular weight is 1670 g/mol. The smallest absolute Gasteiger partial charge is 0.217 e. The maximum atomic E-state index is 13.2. The second-order valence-corrected chi connectivity index (χ2v) is 28.9. The molecule has 9 aliphatic rings. The normalized spacial score (nSPS) is 48.2. The maximum absolute atomic E-state index is 13.2. The van der Waals surface area contributed by atoms with Crippen molar-refractivity contribution in [2.45, 2.75) is 318 Å². The zero-order valence-electron chi connectivity index (χ0n) is 61.9. The standard InChI is InChI=1S/C64H107N5O45/c1-15-34(81)44(91)47(94)61(100-15)114-55-45(92)37(84)23(9-72)104-64(55)111-51-25(11-74)106-60(32(43(51)90)68-19(5)79)113-54-39(86)28(108-63(49(54)96)112-53-33(69-20(6)80)56(97)101-27(38(53)85)13-98-57-29(65-16(2)76)40(87)35(82)21(7-70)102-57)14-99-58-31(67-18(4)78)42(89)50(24(10-73)105-58)110-62-48(95)46(93)52(26(12-75)107-62)109-59-30(66-17(3)77)41(88)36(83)22(8-71)103-59/h15,21-64,70-75,81-97H,7-14H2,1-6H3,(H,65,76)(H,66,77)(H,67,78)(H,68,79)(H,69,80)/t15-,21+,22+,23+,24+,25+,26+,27+,28+,29+,30+,31+,32+,33+,34+,35+,36+,37-,38-,39-,40+,41+,42+,43+,44+,45-,46+,47-,48+,49+,50+,51+,52-,53+,54-,55+,56-,57+,58+,59+,60-,61-,62-,63-,64-/m0/s1. The lowest BCUT2D eigenvalue weighted by atomic mass is 9.93. The Balaban J connectivity index is 1.01. The number of hydrogen-bond acceptors (Lipinski definition) is 45. The topological polar surface area (TPSA) is 768 Å². The summed E-state index contributed by atoms with van der Waals surface area (Å²) in [6, 6.07) is -8.99. The van der Waals surface area contributed by atoms with Crippen molar-refractivity contribution < 1.29 is 222 Å². The largest absolute Gasteiger partial charge is 0.394 e. The van der Waals surface area contributed by atoms with Gasteiger partial charge in [-0.15, -0.1) is 0 Å². The summed E-state index contributed by atoms with van der Waals surface area (Å²) in [4.78, 5) is 63.6. The number of aliphatic hydroxyl groups excluding tert-OH is 23. The van der Waals surface area contributed by atoms with E-state index in [4.69, 9.17) is 80.5 Å². The molecule has 5 amide bonds. The van der Waals surface area contributed by atoms with Gasteiger partial charge in [0.2, 0.25) is 29.5 Å². The molecule has 0 bridgehead atoms. The lowest BCUT2D eigenvalue weighted by Crippen LogP contribution is -2.71. The van der Waals surface area contributed by atoms with Crippen molar-refractivity contribution in [3.63, 3.8) is 0 Å². The van der Waals surface area contributed by atoms with Crippen LogP contribution >= 0.6 is 0 Å². The Labute approximate surface area is 646 Å². The molecule has 9 rings (SSSR count). The molecule has 0 aromatic rings. The molecule has 0 radical (unpaired) electrons. The number of amides is 5. The fourth-order valence-corrected chi connectivity index (χ4v) is 14.7. The van der Waals surface area contributed by atoms with E-state index < -0.39 is 358 Å². The summed E-state index contributed by atoms with van der Waals surface area (Å²) in [5, 5.41) is 268. The Morgan fingerprint density at radius 1 is 0.246 bits per heavy atom. The van der Waals surface area contributed by atoms with E-state index in [1.807, 2.05) is 0 Å². The van der Waals surface area contributed by atoms with Gasteiger partial charge in [-0.05, 0) is 6.92 Å². The third-order valence-electron chi connectivity index (χ3n) is 20.7. The second kappa shape index (κ2) is 40.9. The van der Waals surface area contributed by atoms with Gasteiger partial charge in [-0.25, -0.2) is 0 Å². The third-order valence-corrected chi connectivity index (χ3v) is 20.7. The van der Waals surface area contributed by atoms with Crippen LogP contribution in [0.2, 0.25) is 0 Å². The molecular formula is C64H107N5O45. The number of carbonyl (C=O) groups is 5. The molecule has 45 atom stereocenters. The monoisotopic (exact) mass is 1670 g/mol. The molecule has 50 heteroatoms. The van der Waals surface area contributed by atoms with E-state index in [1.54, 1.807) is 0 Å². The first-order chi connectivity index (χ1) is 53.8. The fraction of sp³-hybridized carbons (Fsp3) is 0.922. The number of ether oxygens (including phenoxy) is 17. The summed E-state index contributed by atoms with van der Waals surface area (Å²) in [7, 11) is 0. The molecule has 0 saturated carbocycles. The highest BCUT2D eigenvalue weighted by atomic mass is 16.8. The molecular weight excluding hydrogens is 1560 g/mol. The van der Waals surface area contributed by atoms with Crippen molar-refractivity contribution in [1.29, 1.82) is 0 Å². The van der Waals surface area contributed by atoms with Crippen LogP contribution in [0, 0.1) is 0 Å². The lowest BCUT2D eigenvalue weighted by Gasteiger charge is -2.51. The Bertz CT molecular complexity index is 3080. The van der Waals surface area contributed by atoms with Crippen LogP contribution in [0.1, 0.15) is 41.5 Å². The van der Waals surface area contributed by atoms with E-state index >= 15 is 0 Å². The Morgan fingerprint density at radius 3 is 1.01 bits per heavy atom. The first-order valence-corrected chi connectivity index (χ1v) is 36.5. The van der Waals surface area contributed by atoms with Crippen LogP contribution in [-0.4, -0.2) is 476 Å². The highest BCUT2D eigenvalue weighted by Crippen LogP contribution is 2.39. The molecule has 9 saturated heterocycles. The Morgan fingerprint density at radius 2 is 0.535 bits per heavy atom. The van der Waals surface area contributed by atoms with Gasteiger partial charge in [-0.1, -0.05) is 0 Å². The third kappa shape index (κ3) is 21.0. The van der Waals surface area contributed by atoms with Crippen molar-refractivity contribution >= 4 is 29.5 Å². The van der Waals surface area contributed by atoms with Crippen molar-refractivity contribution in [3.05, 3.63) is 0 Å². The summed E-state index contributed by atoms with van der Waals surface area (Å²) in [5.74, 6) is -4.39. The van der Waals surface area contributed by atoms with E-state index in [2.05, 4.69) is 26.6 Å². The van der Waals surface area contributed by atoms with Crippen LogP contribution < -0.4 is 26.6 Å². The van der Waals surface area contributed by atoms with E-state index in [0.29, 0.717) is 0 Å². The highest BCUT2D eigenvalue weighted by molar-refractivity contribution is 5.75. The number of rotatable bonds is 29. The van der Waals surface area contributed by atoms with Gasteiger partial charge in [0.05, 0.1) is 59.0 Å². The first kappa shape index (κ1) is 93.6. The summed E-state index contributed by atoms with van der Waals surface area (Å²) < 4.78 is 101. The van der Waals surface area contributed by atoms with Gasteiger partial charge in [-0.3, -0.25) is 24.0 Å². The molecule has 0 aromatic heterocycles. The molecule has 0 aliphatic carbocycles. The Kier molecular flexibility index (Phi) is 33.6. The summed E-state index contributed by atoms with van der Waals surface area (Å²) in [6.07, 6.45) is -79.6. The fourth-order valence-electron chi connectivity index (χ4n) is 14.7. The predicted octanol–water partition coefficient (Wildman–Crippen LogP) is -18.9. The minimum Gasteiger partial charge on any atom is -0.394 e. The van der Waals surface area contributed by atoms with E-state index in [1.165, 1.54) is 6.92 Å².